The number of nitrogens with one attached hydrogen (secondary N) is 1. The number of piperazine rings is 1. The van der Waals surface area contributed by atoms with Gasteiger partial charge in [0.25, 0.3) is 5.91 Å². The first kappa shape index (κ1) is 18.4. The van der Waals surface area contributed by atoms with Crippen molar-refractivity contribution in [2.75, 3.05) is 31.5 Å². The molecule has 0 aliphatic carbocycles. The van der Waals surface area contributed by atoms with Gasteiger partial charge in [-0.25, -0.2) is 9.97 Å². The number of hydrogen-bond donors (Lipinski definition) is 1. The molecule has 1 aromatic heterocycles. The van der Waals surface area contributed by atoms with Gasteiger partial charge < -0.3 is 15.1 Å². The minimum absolute atomic E-state index is 0.0236. The van der Waals surface area contributed by atoms with E-state index >= 15 is 0 Å². The Morgan fingerprint density at radius 3 is 2.27 bits per heavy atom. The molecule has 0 bridgehead atoms. The molecule has 0 spiro atoms. The van der Waals surface area contributed by atoms with Crippen LogP contribution in [-0.2, 0) is 4.79 Å². The Kier molecular flexibility index (Phi) is 5.58. The summed E-state index contributed by atoms with van der Waals surface area (Å²) in [5, 5.41) is 3.77. The van der Waals surface area contributed by atoms with Crippen LogP contribution in [0.4, 0.5) is 11.6 Å². The summed E-state index contributed by atoms with van der Waals surface area (Å²) in [5.74, 6) is 0.184. The minimum Gasteiger partial charge on any atom is -0.339 e. The fraction of sp³-hybridized carbons (Fsp3) is 0.294. The summed E-state index contributed by atoms with van der Waals surface area (Å²) in [7, 11) is 0. The van der Waals surface area contributed by atoms with E-state index in [0.29, 0.717) is 53.4 Å². The van der Waals surface area contributed by atoms with Crippen molar-refractivity contribution in [2.24, 2.45) is 0 Å². The number of anilines is 2. The van der Waals surface area contributed by atoms with Gasteiger partial charge in [-0.3, -0.25) is 9.59 Å². The first-order chi connectivity index (χ1) is 12.5. The number of hydrogen-bond acceptors (Lipinski definition) is 5. The molecule has 2 aromatic rings. The number of benzene rings is 1. The smallest absolute Gasteiger partial charge is 0.257 e. The molecule has 0 atom stereocenters. The number of carbonyl (C=O) groups excluding carboxylic acids is 2. The maximum Gasteiger partial charge on any atom is 0.257 e. The molecule has 1 aliphatic heterocycles. The highest BCUT2D eigenvalue weighted by molar-refractivity contribution is 6.43. The molecule has 1 N–H and O–H groups in total. The molecule has 1 aromatic carbocycles. The number of amides is 2. The lowest BCUT2D eigenvalue weighted by atomic mass is 10.2. The van der Waals surface area contributed by atoms with Gasteiger partial charge in [0.2, 0.25) is 11.9 Å². The molecule has 9 heteroatoms. The van der Waals surface area contributed by atoms with Crippen molar-refractivity contribution in [1.29, 1.82) is 0 Å². The van der Waals surface area contributed by atoms with Gasteiger partial charge in [0, 0.05) is 45.5 Å². The molecule has 0 unspecified atom stereocenters. The van der Waals surface area contributed by atoms with E-state index in [0.717, 1.165) is 0 Å². The normalized spacial score (nSPS) is 14.3. The molecule has 1 saturated heterocycles. The summed E-state index contributed by atoms with van der Waals surface area (Å²) in [6, 6.07) is 5.20. The molecule has 0 radical (unpaired) electrons. The highest BCUT2D eigenvalue weighted by atomic mass is 35.5. The number of carbonyl (C=O) groups is 2. The number of halogens is 2. The van der Waals surface area contributed by atoms with E-state index in [1.807, 2.05) is 0 Å². The van der Waals surface area contributed by atoms with Gasteiger partial charge in [0.1, 0.15) is 0 Å². The van der Waals surface area contributed by atoms with E-state index in [1.165, 1.54) is 19.3 Å². The third-order valence-corrected chi connectivity index (χ3v) is 4.93. The van der Waals surface area contributed by atoms with Crippen LogP contribution in [0.5, 0.6) is 0 Å². The Hall–Kier alpha value is -2.38. The molecule has 136 valence electrons. The number of rotatable bonds is 3. The average Bonchev–Trinajstić information content (AvgIpc) is 2.65. The monoisotopic (exact) mass is 393 g/mol. The molecule has 3 rings (SSSR count). The van der Waals surface area contributed by atoms with E-state index in [1.54, 1.807) is 28.0 Å². The Morgan fingerprint density at radius 1 is 1.04 bits per heavy atom. The van der Waals surface area contributed by atoms with Gasteiger partial charge >= 0.3 is 0 Å². The van der Waals surface area contributed by atoms with Crippen LogP contribution in [0.3, 0.4) is 0 Å². The topological polar surface area (TPSA) is 78.4 Å². The average molecular weight is 394 g/mol. The summed E-state index contributed by atoms with van der Waals surface area (Å²) in [6.07, 6.45) is 2.93. The Balaban J connectivity index is 1.65. The third kappa shape index (κ3) is 4.05. The van der Waals surface area contributed by atoms with Crippen LogP contribution in [-0.4, -0.2) is 57.8 Å². The SMILES string of the molecule is CC(=O)N1CCN(C(=O)c2cnc(Nc3cccc(Cl)c3Cl)nc2)CC1. The second-order valence-corrected chi connectivity index (χ2v) is 6.61. The first-order valence-corrected chi connectivity index (χ1v) is 8.79. The summed E-state index contributed by atoms with van der Waals surface area (Å²) in [6.45, 7) is 3.60. The van der Waals surface area contributed by atoms with Gasteiger partial charge in [-0.15, -0.1) is 0 Å². The van der Waals surface area contributed by atoms with Gasteiger partial charge in [-0.2, -0.15) is 0 Å². The predicted octanol–water partition coefficient (Wildman–Crippen LogP) is 2.83. The van der Waals surface area contributed by atoms with Crippen molar-refractivity contribution in [1.82, 2.24) is 19.8 Å². The quantitative estimate of drug-likeness (QED) is 0.866. The largest absolute Gasteiger partial charge is 0.339 e. The zero-order valence-corrected chi connectivity index (χ0v) is 15.6. The lowest BCUT2D eigenvalue weighted by Gasteiger charge is -2.34. The first-order valence-electron chi connectivity index (χ1n) is 8.03. The lowest BCUT2D eigenvalue weighted by Crippen LogP contribution is -2.50. The second kappa shape index (κ2) is 7.88. The fourth-order valence-electron chi connectivity index (χ4n) is 2.63. The predicted molar refractivity (Wildman–Crippen MR) is 99.9 cm³/mol. The standard InChI is InChI=1S/C17H17Cl2N5O2/c1-11(25)23-5-7-24(8-6-23)16(26)12-9-20-17(21-10-12)22-14-4-2-3-13(18)15(14)19/h2-4,9-10H,5-8H2,1H3,(H,20,21,22). The maximum absolute atomic E-state index is 12.5. The Labute approximate surface area is 160 Å². The maximum atomic E-state index is 12.5. The van der Waals surface area contributed by atoms with Crippen molar-refractivity contribution in [3.8, 4) is 0 Å². The molecule has 1 fully saturated rings. The van der Waals surface area contributed by atoms with Crippen LogP contribution in [0, 0.1) is 0 Å². The Morgan fingerprint density at radius 2 is 1.65 bits per heavy atom. The molecule has 0 saturated carbocycles. The minimum atomic E-state index is -0.152. The van der Waals surface area contributed by atoms with E-state index in [-0.39, 0.29) is 11.8 Å². The summed E-state index contributed by atoms with van der Waals surface area (Å²) in [5.41, 5.74) is 0.975. The van der Waals surface area contributed by atoms with Crippen LogP contribution in [0.25, 0.3) is 0 Å². The fourth-order valence-corrected chi connectivity index (χ4v) is 2.98. The van der Waals surface area contributed by atoms with Crippen LogP contribution >= 0.6 is 23.2 Å². The van der Waals surface area contributed by atoms with E-state index in [4.69, 9.17) is 23.2 Å². The molecular weight excluding hydrogens is 377 g/mol. The molecule has 7 nitrogen and oxygen atoms in total. The highest BCUT2D eigenvalue weighted by Gasteiger charge is 2.23. The van der Waals surface area contributed by atoms with Crippen molar-refractivity contribution >= 4 is 46.7 Å². The zero-order chi connectivity index (χ0) is 18.7. The molecule has 2 amide bonds. The Bertz CT molecular complexity index is 820. The van der Waals surface area contributed by atoms with Crippen LogP contribution in [0.2, 0.25) is 10.0 Å². The van der Waals surface area contributed by atoms with Crippen molar-refractivity contribution in [3.05, 3.63) is 46.2 Å². The zero-order valence-electron chi connectivity index (χ0n) is 14.1. The number of aromatic nitrogens is 2. The van der Waals surface area contributed by atoms with E-state index in [2.05, 4.69) is 15.3 Å². The van der Waals surface area contributed by atoms with Gasteiger partial charge in [-0.1, -0.05) is 29.3 Å². The van der Waals surface area contributed by atoms with E-state index in [9.17, 15) is 9.59 Å². The molecule has 26 heavy (non-hydrogen) atoms. The number of nitrogens with zero attached hydrogens (tertiary/aromatic N) is 4. The van der Waals surface area contributed by atoms with Crippen LogP contribution in [0.1, 0.15) is 17.3 Å². The lowest BCUT2D eigenvalue weighted by molar-refractivity contribution is -0.130. The molecule has 2 heterocycles. The molecule has 1 aliphatic rings. The van der Waals surface area contributed by atoms with E-state index < -0.39 is 0 Å². The summed E-state index contributed by atoms with van der Waals surface area (Å²) < 4.78 is 0. The van der Waals surface area contributed by atoms with Crippen LogP contribution < -0.4 is 5.32 Å². The highest BCUT2D eigenvalue weighted by Crippen LogP contribution is 2.30. The second-order valence-electron chi connectivity index (χ2n) is 5.82. The molecular formula is C17H17Cl2N5O2. The van der Waals surface area contributed by atoms with Crippen LogP contribution in [0.15, 0.2) is 30.6 Å². The van der Waals surface area contributed by atoms with Crippen molar-refractivity contribution in [3.63, 3.8) is 0 Å². The summed E-state index contributed by atoms with van der Waals surface area (Å²) in [4.78, 5) is 35.6. The third-order valence-electron chi connectivity index (χ3n) is 4.11. The van der Waals surface area contributed by atoms with Gasteiger partial charge in [0.05, 0.1) is 21.3 Å². The summed E-state index contributed by atoms with van der Waals surface area (Å²) >= 11 is 12.1. The van der Waals surface area contributed by atoms with Gasteiger partial charge in [-0.05, 0) is 12.1 Å². The van der Waals surface area contributed by atoms with Gasteiger partial charge in [0.15, 0.2) is 0 Å². The van der Waals surface area contributed by atoms with Crippen molar-refractivity contribution in [2.45, 2.75) is 6.92 Å². The van der Waals surface area contributed by atoms with Crippen molar-refractivity contribution < 1.29 is 9.59 Å².